The average Bonchev–Trinajstić information content (AvgIpc) is 3.04. The molecule has 3 amide bonds. The normalized spacial score (nSPS) is 17.5. The van der Waals surface area contributed by atoms with Crippen LogP contribution in [0.4, 0.5) is 0 Å². The van der Waals surface area contributed by atoms with Crippen molar-refractivity contribution in [2.45, 2.75) is 56.4 Å². The molecule has 0 bridgehead atoms. The predicted molar refractivity (Wildman–Crippen MR) is 171 cm³/mol. The molecule has 2 aromatic rings. The van der Waals surface area contributed by atoms with E-state index in [2.05, 4.69) is 10.2 Å². The van der Waals surface area contributed by atoms with Gasteiger partial charge in [-0.15, -0.1) is 0 Å². The van der Waals surface area contributed by atoms with E-state index in [0.717, 1.165) is 31.4 Å². The number of methoxy groups -OCH3 is 1. The molecule has 0 saturated carbocycles. The van der Waals surface area contributed by atoms with Gasteiger partial charge >= 0.3 is 5.97 Å². The second-order valence-electron chi connectivity index (χ2n) is 11.7. The van der Waals surface area contributed by atoms with Gasteiger partial charge in [0.05, 0.1) is 23.6 Å². The quantitative estimate of drug-likeness (QED) is 0.334. The fourth-order valence-corrected chi connectivity index (χ4v) is 6.56. The summed E-state index contributed by atoms with van der Waals surface area (Å²) in [4.78, 5) is 57.2. The predicted octanol–water partition coefficient (Wildman–Crippen LogP) is 4.77. The zero-order chi connectivity index (χ0) is 31.7. The molecule has 44 heavy (non-hydrogen) atoms. The maximum absolute atomic E-state index is 13.6. The van der Waals surface area contributed by atoms with Crippen LogP contribution in [-0.2, 0) is 19.1 Å². The number of ether oxygens (including phenoxy) is 1. The molecule has 1 atom stereocenters. The van der Waals surface area contributed by atoms with Gasteiger partial charge in [-0.1, -0.05) is 47.5 Å². The number of hydrogen-bond donors (Lipinski definition) is 1. The number of carbonyl (C=O) groups is 4. The highest BCUT2D eigenvalue weighted by Crippen LogP contribution is 2.34. The zero-order valence-electron chi connectivity index (χ0n) is 25.5. The number of esters is 1. The molecule has 2 saturated heterocycles. The Morgan fingerprint density at radius 1 is 1.02 bits per heavy atom. The van der Waals surface area contributed by atoms with E-state index < -0.39 is 11.5 Å². The highest BCUT2D eigenvalue weighted by atomic mass is 35.5. The molecule has 2 aromatic carbocycles. The number of piperidine rings is 2. The molecule has 0 aromatic heterocycles. The summed E-state index contributed by atoms with van der Waals surface area (Å²) in [6.45, 7) is 3.24. The molecule has 1 unspecified atom stereocenters. The standard InChI is InChI=1S/C33H42Cl2N4O5/c1-37(31(42)24-8-4-3-5-9-24)23-26(25-11-12-27(34)28(35)22-25)14-19-38-20-15-33(16-21-38,39-18-7-6-10-29(39)40)32(43)36-17-13-30(41)44-2/h3-5,8-9,11-12,22,26H,6-7,10,13-21,23H2,1-2H3,(H,36,43). The lowest BCUT2D eigenvalue weighted by Gasteiger charge is -2.49. The van der Waals surface area contributed by atoms with Crippen LogP contribution in [0.15, 0.2) is 48.5 Å². The molecule has 2 fully saturated rings. The van der Waals surface area contributed by atoms with Gasteiger partial charge in [0.15, 0.2) is 0 Å². The van der Waals surface area contributed by atoms with Crippen LogP contribution in [0.2, 0.25) is 10.0 Å². The number of halogens is 2. The fraction of sp³-hybridized carbons (Fsp3) is 0.515. The van der Waals surface area contributed by atoms with E-state index in [-0.39, 0.29) is 36.6 Å². The first-order valence-electron chi connectivity index (χ1n) is 15.3. The van der Waals surface area contributed by atoms with Gasteiger partial charge in [0.25, 0.3) is 5.91 Å². The maximum Gasteiger partial charge on any atom is 0.307 e. The third-order valence-corrected chi connectivity index (χ3v) is 9.60. The van der Waals surface area contributed by atoms with Crippen LogP contribution in [-0.4, -0.2) is 97.4 Å². The minimum Gasteiger partial charge on any atom is -0.469 e. The van der Waals surface area contributed by atoms with Gasteiger partial charge in [-0.05, 0) is 68.5 Å². The minimum atomic E-state index is -0.935. The van der Waals surface area contributed by atoms with Crippen molar-refractivity contribution in [1.82, 2.24) is 20.0 Å². The van der Waals surface area contributed by atoms with Gasteiger partial charge in [0.1, 0.15) is 5.54 Å². The third kappa shape index (κ3) is 8.31. The number of rotatable bonds is 12. The number of benzene rings is 2. The number of amides is 3. The van der Waals surface area contributed by atoms with Gasteiger partial charge < -0.3 is 24.8 Å². The van der Waals surface area contributed by atoms with E-state index in [4.69, 9.17) is 27.9 Å². The van der Waals surface area contributed by atoms with Crippen molar-refractivity contribution in [3.8, 4) is 0 Å². The molecule has 0 aliphatic carbocycles. The monoisotopic (exact) mass is 644 g/mol. The summed E-state index contributed by atoms with van der Waals surface area (Å²) in [5.41, 5.74) is 0.699. The van der Waals surface area contributed by atoms with Crippen molar-refractivity contribution >= 4 is 46.9 Å². The molecule has 2 aliphatic heterocycles. The van der Waals surface area contributed by atoms with Crippen LogP contribution < -0.4 is 5.32 Å². The SMILES string of the molecule is COC(=O)CCNC(=O)C1(N2CCCCC2=O)CCN(CCC(CN(C)C(=O)c2ccccc2)c2ccc(Cl)c(Cl)c2)CC1. The molecule has 11 heteroatoms. The maximum atomic E-state index is 13.6. The topological polar surface area (TPSA) is 99.3 Å². The summed E-state index contributed by atoms with van der Waals surface area (Å²) >= 11 is 12.6. The van der Waals surface area contributed by atoms with Crippen LogP contribution >= 0.6 is 23.2 Å². The summed E-state index contributed by atoms with van der Waals surface area (Å²) in [5, 5.41) is 3.86. The van der Waals surface area contributed by atoms with Crippen molar-refractivity contribution in [3.63, 3.8) is 0 Å². The van der Waals surface area contributed by atoms with Crippen LogP contribution in [0.5, 0.6) is 0 Å². The summed E-state index contributed by atoms with van der Waals surface area (Å²) in [7, 11) is 3.13. The molecular formula is C33H42Cl2N4O5. The Hall–Kier alpha value is -3.14. The average molecular weight is 646 g/mol. The molecule has 2 aliphatic rings. The number of nitrogens with one attached hydrogen (secondary N) is 1. The van der Waals surface area contributed by atoms with Crippen molar-refractivity contribution in [2.24, 2.45) is 0 Å². The third-order valence-electron chi connectivity index (χ3n) is 8.86. The molecule has 0 spiro atoms. The molecule has 0 radical (unpaired) electrons. The van der Waals surface area contributed by atoms with Crippen molar-refractivity contribution in [3.05, 3.63) is 69.7 Å². The number of likely N-dealkylation sites (N-methyl/N-ethyl adjacent to an activating group) is 1. The van der Waals surface area contributed by atoms with E-state index in [1.165, 1.54) is 7.11 Å². The van der Waals surface area contributed by atoms with Gasteiger partial charge in [0.2, 0.25) is 11.8 Å². The molecule has 9 nitrogen and oxygen atoms in total. The Kier molecular flexibility index (Phi) is 12.1. The first kappa shape index (κ1) is 33.7. The second kappa shape index (κ2) is 15.7. The Balaban J connectivity index is 1.44. The van der Waals surface area contributed by atoms with Gasteiger partial charge in [-0.2, -0.15) is 0 Å². The molecule has 4 rings (SSSR count). The fourth-order valence-electron chi connectivity index (χ4n) is 6.25. The number of nitrogens with zero attached hydrogens (tertiary/aromatic N) is 3. The van der Waals surface area contributed by atoms with E-state index in [9.17, 15) is 19.2 Å². The summed E-state index contributed by atoms with van der Waals surface area (Å²) < 4.78 is 4.70. The number of hydrogen-bond acceptors (Lipinski definition) is 6. The van der Waals surface area contributed by atoms with Crippen molar-refractivity contribution in [2.75, 3.05) is 53.4 Å². The van der Waals surface area contributed by atoms with E-state index in [1.807, 2.05) is 49.5 Å². The molecule has 238 valence electrons. The lowest BCUT2D eigenvalue weighted by atomic mass is 9.82. The highest BCUT2D eigenvalue weighted by Gasteiger charge is 2.48. The number of carbonyl (C=O) groups excluding carboxylic acids is 4. The first-order valence-corrected chi connectivity index (χ1v) is 16.0. The molecule has 1 N–H and O–H groups in total. The second-order valence-corrected chi connectivity index (χ2v) is 12.5. The van der Waals surface area contributed by atoms with Crippen LogP contribution in [0.3, 0.4) is 0 Å². The van der Waals surface area contributed by atoms with Gasteiger partial charge in [-0.3, -0.25) is 19.2 Å². The van der Waals surface area contributed by atoms with Gasteiger partial charge in [0, 0.05) is 57.7 Å². The Morgan fingerprint density at radius 2 is 1.75 bits per heavy atom. The summed E-state index contributed by atoms with van der Waals surface area (Å²) in [6.07, 6.45) is 3.99. The first-order chi connectivity index (χ1) is 21.1. The Labute approximate surface area is 269 Å². The highest BCUT2D eigenvalue weighted by molar-refractivity contribution is 6.42. The Bertz CT molecular complexity index is 1320. The van der Waals surface area contributed by atoms with Crippen molar-refractivity contribution in [1.29, 1.82) is 0 Å². The zero-order valence-corrected chi connectivity index (χ0v) is 27.0. The van der Waals surface area contributed by atoms with E-state index in [0.29, 0.717) is 61.1 Å². The van der Waals surface area contributed by atoms with E-state index in [1.54, 1.807) is 15.9 Å². The lowest BCUT2D eigenvalue weighted by Crippen LogP contribution is -2.65. The largest absolute Gasteiger partial charge is 0.469 e. The summed E-state index contributed by atoms with van der Waals surface area (Å²) in [5.74, 6) is -0.636. The molecule has 2 heterocycles. The minimum absolute atomic E-state index is 0.000551. The van der Waals surface area contributed by atoms with Crippen molar-refractivity contribution < 1.29 is 23.9 Å². The van der Waals surface area contributed by atoms with Crippen LogP contribution in [0, 0.1) is 0 Å². The smallest absolute Gasteiger partial charge is 0.307 e. The Morgan fingerprint density at radius 3 is 2.41 bits per heavy atom. The van der Waals surface area contributed by atoms with Crippen LogP contribution in [0.1, 0.15) is 66.8 Å². The van der Waals surface area contributed by atoms with Gasteiger partial charge in [-0.25, -0.2) is 0 Å². The lowest BCUT2D eigenvalue weighted by molar-refractivity contribution is -0.154. The summed E-state index contributed by atoms with van der Waals surface area (Å²) in [6, 6.07) is 14.8. The van der Waals surface area contributed by atoms with Crippen LogP contribution in [0.25, 0.3) is 0 Å². The number of likely N-dealkylation sites (tertiary alicyclic amines) is 2. The molecular weight excluding hydrogens is 603 g/mol. The van der Waals surface area contributed by atoms with E-state index >= 15 is 0 Å².